The fourth-order valence-electron chi connectivity index (χ4n) is 3.04. The summed E-state index contributed by atoms with van der Waals surface area (Å²) >= 11 is 0. The molecular formula is C22H20F3N5O3. The normalized spacial score (nSPS) is 12.1. The zero-order valence-corrected chi connectivity index (χ0v) is 17.3. The molecule has 0 saturated carbocycles. The summed E-state index contributed by atoms with van der Waals surface area (Å²) in [5, 5.41) is 25.2. The van der Waals surface area contributed by atoms with E-state index in [0.717, 1.165) is 10.9 Å². The standard InChI is InChI=1S/C22H20F3N5O3/c1-13(11-18(26)21(32)33)27-14-7-9-15(10-8-14)28-20(31)17-12-30(16-5-3-2-4-6-16)29-19(17)22(23,24)25/h2-10,12-13,26-27H,11H2,1H3,(H,28,31)(H,32,33)/t13-/m0/s1. The maximum atomic E-state index is 13.5. The lowest BCUT2D eigenvalue weighted by molar-refractivity contribution is -0.141. The summed E-state index contributed by atoms with van der Waals surface area (Å²) in [7, 11) is 0. The number of carboxylic acids is 1. The monoisotopic (exact) mass is 459 g/mol. The van der Waals surface area contributed by atoms with Crippen LogP contribution in [0.4, 0.5) is 24.5 Å². The van der Waals surface area contributed by atoms with Crippen molar-refractivity contribution in [1.82, 2.24) is 9.78 Å². The van der Waals surface area contributed by atoms with Gasteiger partial charge < -0.3 is 15.7 Å². The Kier molecular flexibility index (Phi) is 6.80. The molecule has 0 aliphatic carbocycles. The van der Waals surface area contributed by atoms with E-state index in [4.69, 9.17) is 10.5 Å². The van der Waals surface area contributed by atoms with Gasteiger partial charge in [0.15, 0.2) is 5.69 Å². The average molecular weight is 459 g/mol. The highest BCUT2D eigenvalue weighted by molar-refractivity contribution is 6.34. The number of rotatable bonds is 8. The molecule has 33 heavy (non-hydrogen) atoms. The van der Waals surface area contributed by atoms with Gasteiger partial charge in [-0.3, -0.25) is 10.2 Å². The van der Waals surface area contributed by atoms with Gasteiger partial charge in [0.25, 0.3) is 5.91 Å². The van der Waals surface area contributed by atoms with Gasteiger partial charge in [0.1, 0.15) is 5.71 Å². The quantitative estimate of drug-likeness (QED) is 0.371. The first-order chi connectivity index (χ1) is 15.5. The number of amides is 1. The molecule has 8 nitrogen and oxygen atoms in total. The second-order valence-electron chi connectivity index (χ2n) is 7.23. The molecule has 1 heterocycles. The van der Waals surface area contributed by atoms with Crippen molar-refractivity contribution in [2.24, 2.45) is 0 Å². The Labute approximate surface area is 186 Å². The minimum Gasteiger partial charge on any atom is -0.477 e. The van der Waals surface area contributed by atoms with Crippen LogP contribution in [0.25, 0.3) is 5.69 Å². The first-order valence-electron chi connectivity index (χ1n) is 9.75. The third-order valence-corrected chi connectivity index (χ3v) is 4.57. The number of nitrogens with one attached hydrogen (secondary N) is 3. The Morgan fingerprint density at radius 1 is 1.09 bits per heavy atom. The molecule has 1 amide bonds. The van der Waals surface area contributed by atoms with Crippen LogP contribution < -0.4 is 10.6 Å². The first kappa shape index (κ1) is 23.5. The van der Waals surface area contributed by atoms with Gasteiger partial charge in [-0.15, -0.1) is 0 Å². The van der Waals surface area contributed by atoms with E-state index in [2.05, 4.69) is 15.7 Å². The van der Waals surface area contributed by atoms with Gasteiger partial charge in [0, 0.05) is 30.0 Å². The minimum atomic E-state index is -4.82. The Morgan fingerprint density at radius 2 is 1.70 bits per heavy atom. The fraction of sp³-hybridized carbons (Fsp3) is 0.182. The molecule has 11 heteroatoms. The van der Waals surface area contributed by atoms with Crippen LogP contribution in [0, 0.1) is 5.41 Å². The van der Waals surface area contributed by atoms with Crippen molar-refractivity contribution in [3.8, 4) is 5.69 Å². The number of halogens is 3. The molecule has 0 aliphatic heterocycles. The third-order valence-electron chi connectivity index (χ3n) is 4.57. The summed E-state index contributed by atoms with van der Waals surface area (Å²) in [5.41, 5.74) is -1.12. The maximum absolute atomic E-state index is 13.5. The highest BCUT2D eigenvalue weighted by Gasteiger charge is 2.39. The van der Waals surface area contributed by atoms with Crippen LogP contribution in [0.15, 0.2) is 60.8 Å². The van der Waals surface area contributed by atoms with E-state index in [0.29, 0.717) is 11.4 Å². The summed E-state index contributed by atoms with van der Waals surface area (Å²) in [5.74, 6) is -2.26. The molecule has 0 radical (unpaired) electrons. The van der Waals surface area contributed by atoms with Gasteiger partial charge in [-0.25, -0.2) is 9.48 Å². The number of carbonyl (C=O) groups excluding carboxylic acids is 1. The number of carboxylic acid groups (broad SMARTS) is 1. The van der Waals surface area contributed by atoms with Crippen LogP contribution in [0.1, 0.15) is 29.4 Å². The molecule has 0 unspecified atom stereocenters. The topological polar surface area (TPSA) is 120 Å². The summed E-state index contributed by atoms with van der Waals surface area (Å²) < 4.78 is 41.4. The summed E-state index contributed by atoms with van der Waals surface area (Å²) in [6.45, 7) is 1.70. The number of anilines is 2. The molecule has 3 aromatic rings. The zero-order chi connectivity index (χ0) is 24.2. The van der Waals surface area contributed by atoms with Crippen molar-refractivity contribution >= 4 is 29.0 Å². The van der Waals surface area contributed by atoms with Crippen molar-refractivity contribution < 1.29 is 27.9 Å². The van der Waals surface area contributed by atoms with Crippen LogP contribution in [0.5, 0.6) is 0 Å². The lowest BCUT2D eigenvalue weighted by Gasteiger charge is -2.15. The van der Waals surface area contributed by atoms with Crippen molar-refractivity contribution in [2.45, 2.75) is 25.6 Å². The van der Waals surface area contributed by atoms with Crippen molar-refractivity contribution in [1.29, 1.82) is 5.41 Å². The Balaban J connectivity index is 1.74. The molecule has 0 spiro atoms. The molecule has 1 atom stereocenters. The molecular weight excluding hydrogens is 439 g/mol. The van der Waals surface area contributed by atoms with E-state index in [9.17, 15) is 22.8 Å². The van der Waals surface area contributed by atoms with E-state index in [1.165, 1.54) is 12.1 Å². The Morgan fingerprint density at radius 3 is 2.27 bits per heavy atom. The van der Waals surface area contributed by atoms with Crippen LogP contribution in [0.2, 0.25) is 0 Å². The lowest BCUT2D eigenvalue weighted by Crippen LogP contribution is -2.23. The number of para-hydroxylation sites is 1. The molecule has 0 bridgehead atoms. The van der Waals surface area contributed by atoms with Crippen LogP contribution in [-0.2, 0) is 11.0 Å². The van der Waals surface area contributed by atoms with E-state index < -0.39 is 35.0 Å². The maximum Gasteiger partial charge on any atom is 0.435 e. The van der Waals surface area contributed by atoms with E-state index in [1.807, 2.05) is 0 Å². The number of alkyl halides is 3. The first-order valence-corrected chi connectivity index (χ1v) is 9.75. The number of benzene rings is 2. The van der Waals surface area contributed by atoms with Crippen molar-refractivity contribution in [3.63, 3.8) is 0 Å². The molecule has 0 aliphatic rings. The van der Waals surface area contributed by atoms with Gasteiger partial charge >= 0.3 is 12.1 Å². The molecule has 1 aromatic heterocycles. The van der Waals surface area contributed by atoms with Gasteiger partial charge in [0.2, 0.25) is 0 Å². The largest absolute Gasteiger partial charge is 0.477 e. The van der Waals surface area contributed by atoms with Crippen LogP contribution >= 0.6 is 0 Å². The lowest BCUT2D eigenvalue weighted by atomic mass is 10.1. The van der Waals surface area contributed by atoms with Crippen molar-refractivity contribution in [3.05, 3.63) is 72.1 Å². The Hall–Kier alpha value is -4.15. The zero-order valence-electron chi connectivity index (χ0n) is 17.3. The number of hydrogen-bond donors (Lipinski definition) is 4. The number of nitrogens with zero attached hydrogens (tertiary/aromatic N) is 2. The smallest absolute Gasteiger partial charge is 0.435 e. The SMILES string of the molecule is C[C@@H](CC(=N)C(=O)O)Nc1ccc(NC(=O)c2cn(-c3ccccc3)nc2C(F)(F)F)cc1. The molecule has 172 valence electrons. The highest BCUT2D eigenvalue weighted by atomic mass is 19.4. The Bertz CT molecular complexity index is 1160. The molecule has 0 saturated heterocycles. The van der Waals surface area contributed by atoms with Crippen molar-refractivity contribution in [2.75, 3.05) is 10.6 Å². The van der Waals surface area contributed by atoms with Gasteiger partial charge in [0.05, 0.1) is 11.3 Å². The fourth-order valence-corrected chi connectivity index (χ4v) is 3.04. The van der Waals surface area contributed by atoms with Crippen LogP contribution in [-0.4, -0.2) is 38.5 Å². The van der Waals surface area contributed by atoms with Gasteiger partial charge in [-0.1, -0.05) is 18.2 Å². The number of aliphatic carboxylic acids is 1. The molecule has 2 aromatic carbocycles. The van der Waals surface area contributed by atoms with E-state index >= 15 is 0 Å². The average Bonchev–Trinajstić information content (AvgIpc) is 3.22. The van der Waals surface area contributed by atoms with Gasteiger partial charge in [-0.05, 0) is 43.3 Å². The number of hydrogen-bond acceptors (Lipinski definition) is 5. The second kappa shape index (κ2) is 9.55. The number of carbonyl (C=O) groups is 2. The van der Waals surface area contributed by atoms with Gasteiger partial charge in [-0.2, -0.15) is 18.3 Å². The summed E-state index contributed by atoms with van der Waals surface area (Å²) in [4.78, 5) is 23.4. The molecule has 0 fully saturated rings. The molecule has 3 rings (SSSR count). The summed E-state index contributed by atoms with van der Waals surface area (Å²) in [6.07, 6.45) is -3.79. The third kappa shape index (κ3) is 5.97. The highest BCUT2D eigenvalue weighted by Crippen LogP contribution is 2.32. The number of aromatic nitrogens is 2. The van der Waals surface area contributed by atoms with E-state index in [-0.39, 0.29) is 18.2 Å². The van der Waals surface area contributed by atoms with Crippen LogP contribution in [0.3, 0.4) is 0 Å². The summed E-state index contributed by atoms with van der Waals surface area (Å²) in [6, 6.07) is 13.9. The predicted molar refractivity (Wildman–Crippen MR) is 116 cm³/mol. The second-order valence-corrected chi connectivity index (χ2v) is 7.23. The van der Waals surface area contributed by atoms with E-state index in [1.54, 1.807) is 49.4 Å². The molecule has 4 N–H and O–H groups in total. The predicted octanol–water partition coefficient (Wildman–Crippen LogP) is 4.44. The minimum absolute atomic E-state index is 0.000552.